The van der Waals surface area contributed by atoms with Gasteiger partial charge in [0.1, 0.15) is 61.6 Å². The average molecular weight is 2140 g/mol. The third kappa shape index (κ3) is 25.6. The van der Waals surface area contributed by atoms with Gasteiger partial charge in [0.2, 0.25) is 7.37 Å². The second-order valence-corrected chi connectivity index (χ2v) is 34.0. The Balaban J connectivity index is 0.000000566. The smallest absolute Gasteiger partial charge is 0.335 e. The number of rotatable bonds is 20. The Morgan fingerprint density at radius 1 is 0.395 bits per heavy atom. The molecule has 0 saturated heterocycles. The molecule has 0 aliphatic rings. The van der Waals surface area contributed by atoms with E-state index in [1.54, 1.807) is 50.9 Å². The van der Waals surface area contributed by atoms with Crippen LogP contribution in [-0.2, 0) is 22.8 Å². The predicted octanol–water partition coefficient (Wildman–Crippen LogP) is 8.91. The van der Waals surface area contributed by atoms with Crippen molar-refractivity contribution < 1.29 is 253 Å². The molecule has 28 nitrogen and oxygen atoms in total. The van der Waals surface area contributed by atoms with Gasteiger partial charge in [0, 0.05) is 222 Å². The van der Waals surface area contributed by atoms with Gasteiger partial charge in [-0.2, -0.15) is 0 Å². The minimum Gasteiger partial charge on any atom is -0.504 e. The molecule has 0 fully saturated rings. The van der Waals surface area contributed by atoms with Crippen molar-refractivity contribution in [3.05, 3.63) is 73.8 Å². The summed E-state index contributed by atoms with van der Waals surface area (Å²) in [7, 11) is -9.50. The van der Waals surface area contributed by atoms with Gasteiger partial charge in [-0.05, 0) is 63.2 Å². The molecule has 0 aliphatic carbocycles. The summed E-state index contributed by atoms with van der Waals surface area (Å²) in [6.45, 7) is 10.7. The first kappa shape index (κ1) is 82.6. The average Bonchev–Trinajstić information content (AvgIpc) is 2.34. The number of ether oxygens (including phenoxy) is 4. The van der Waals surface area contributed by atoms with E-state index in [4.69, 9.17) is 28.7 Å². The Morgan fingerprint density at radius 2 is 0.640 bits per heavy atom. The maximum atomic E-state index is 12.5. The van der Waals surface area contributed by atoms with Crippen LogP contribution >= 0.6 is 36.4 Å². The molecule has 0 bridgehead atoms. The van der Waals surface area contributed by atoms with Crippen LogP contribution in [0.5, 0.6) is 46.0 Å². The Kier molecular flexibility index (Phi) is 35.9. The van der Waals surface area contributed by atoms with Crippen LogP contribution in [0.3, 0.4) is 0 Å². The van der Waals surface area contributed by atoms with E-state index in [0.29, 0.717) is 109 Å². The summed E-state index contributed by atoms with van der Waals surface area (Å²) < 4.78 is 78.6. The zero-order chi connectivity index (χ0) is 60.8. The van der Waals surface area contributed by atoms with Crippen LogP contribution in [0.25, 0.3) is 43.6 Å². The number of aromatic hydroxyl groups is 4. The van der Waals surface area contributed by atoms with Crippen molar-refractivity contribution in [1.82, 2.24) is 39.9 Å². The van der Waals surface area contributed by atoms with Gasteiger partial charge in [-0.3, -0.25) is 9.13 Å². The van der Waals surface area contributed by atoms with Gasteiger partial charge in [-0.1, -0.05) is 13.8 Å². The molecule has 8 aromatic rings. The predicted molar refractivity (Wildman–Crippen MR) is 319 cm³/mol. The van der Waals surface area contributed by atoms with Gasteiger partial charge < -0.3 is 89.0 Å². The van der Waals surface area contributed by atoms with E-state index in [2.05, 4.69) is 61.1 Å². The Labute approximate surface area is 639 Å². The van der Waals surface area contributed by atoms with E-state index < -0.39 is 48.6 Å². The fourth-order valence-electron chi connectivity index (χ4n) is 7.24. The molecule has 4 radical (unpaired) electrons. The van der Waals surface area contributed by atoms with Crippen molar-refractivity contribution in [2.24, 2.45) is 0 Å². The van der Waals surface area contributed by atoms with Crippen molar-refractivity contribution in [2.75, 3.05) is 120 Å². The summed E-state index contributed by atoms with van der Waals surface area (Å²) in [6.07, 6.45) is 7.25. The molecular formula is C49H67Ac4N12O16P5. The monoisotopic (exact) mass is 2140 g/mol. The molecule has 1 unspecified atom stereocenters. The zero-order valence-electron chi connectivity index (χ0n) is 48.8. The van der Waals surface area contributed by atoms with Crippen molar-refractivity contribution in [3.63, 3.8) is 0 Å². The summed E-state index contributed by atoms with van der Waals surface area (Å²) in [4.78, 5) is 59.9. The third-order valence-electron chi connectivity index (χ3n) is 11.6. The Hall–Kier alpha value is -1.36. The molecule has 4 heterocycles. The minimum absolute atomic E-state index is 0. The standard InChI is InChI=1S/C14H20N3O3P.2C12H16N3O3P.C11H15N3O7P2.4Ac/c1-4-21(19,5-2)9-17-14-10-6-12(18)13(20-3)7-11(10)15-8-16-14;2*1-18-11-5-9-8(4-10(11)16)12(14-6-13-9)15-7-19(2,3)17;1-21-10-3-8-7(2-9(10)15)11(13-4-12-8)14-5-22(16,17)6-23(18,19)20;;;;/h6-8,18H,4-5,9H2,1-3H3,(H,15,16,17);2*4-6,16H,7H2,1-3H3,(H,13,14,15);2-4,15H,5-6H2,1H3,(H,16,17)(H,12,13,14)(H2,18,19,20);;;;. The summed E-state index contributed by atoms with van der Waals surface area (Å²) in [5.74, 6) is 1.85. The molecule has 0 aliphatic heterocycles. The fraction of sp³-hybridized carbons (Fsp3) is 0.347. The van der Waals surface area contributed by atoms with Crippen LogP contribution in [-0.4, -0.2) is 173 Å². The molecule has 8 rings (SSSR count). The molecule has 11 N–H and O–H groups in total. The van der Waals surface area contributed by atoms with E-state index in [1.165, 1.54) is 78.0 Å². The van der Waals surface area contributed by atoms with Gasteiger partial charge in [-0.15, -0.1) is 0 Å². The number of fused-ring (bicyclic) bond motifs is 4. The van der Waals surface area contributed by atoms with Crippen molar-refractivity contribution in [2.45, 2.75) is 13.8 Å². The summed E-state index contributed by atoms with van der Waals surface area (Å²) in [5.41, 5.74) is 2.37. The van der Waals surface area contributed by atoms with Crippen LogP contribution in [0.2, 0.25) is 0 Å². The maximum absolute atomic E-state index is 12.5. The number of phenolic OH excluding ortho intramolecular Hbond substituents is 4. The fourth-order valence-corrected chi connectivity index (χ4v) is 12.7. The second-order valence-electron chi connectivity index (χ2n) is 18.9. The van der Waals surface area contributed by atoms with E-state index in [0.717, 1.165) is 0 Å². The SMILES string of the molecule is CCP(=O)(CC)CNc1ncnc2cc(OC)c(O)cc12.COc1cc2ncnc(NCP(=O)(O)CP(=O)(O)O)c2cc1O.COc1cc2ncnc(NCP(C)(C)=O)c2cc1O.COc1cc2ncnc(NCP(C)(C)=O)c2cc1O.[Ac].[Ac].[Ac].[Ac]. The van der Waals surface area contributed by atoms with Gasteiger partial charge in [0.05, 0.1) is 89.9 Å². The van der Waals surface area contributed by atoms with Crippen LogP contribution in [0, 0.1) is 176 Å². The molecular weight excluding hydrogens is 2080 g/mol. The zero-order valence-corrected chi connectivity index (χ0v) is 72.3. The van der Waals surface area contributed by atoms with Crippen molar-refractivity contribution in [1.29, 1.82) is 0 Å². The Bertz CT molecular complexity index is 3700. The van der Waals surface area contributed by atoms with Crippen molar-refractivity contribution >= 4 is 103 Å². The molecule has 4 aromatic heterocycles. The molecule has 4 aromatic carbocycles. The summed E-state index contributed by atoms with van der Waals surface area (Å²) >= 11 is 0. The van der Waals surface area contributed by atoms with E-state index >= 15 is 0 Å². The Morgan fingerprint density at radius 3 is 0.860 bits per heavy atom. The van der Waals surface area contributed by atoms with Crippen LogP contribution in [0.15, 0.2) is 73.8 Å². The minimum atomic E-state index is -4.62. The number of anilines is 4. The normalized spacial score (nSPS) is 11.8. The first-order valence-corrected chi connectivity index (χ1v) is 36.1. The largest absolute Gasteiger partial charge is 0.504 e. The van der Waals surface area contributed by atoms with E-state index in [1.807, 2.05) is 13.8 Å². The molecule has 456 valence electrons. The molecule has 1 atom stereocenters. The third-order valence-corrected chi connectivity index (χ3v) is 20.4. The van der Waals surface area contributed by atoms with Gasteiger partial charge in [0.15, 0.2) is 46.0 Å². The number of hydrogen-bond acceptors (Lipinski definition) is 25. The quantitative estimate of drug-likeness (QED) is 0.0317. The second kappa shape index (κ2) is 37.4. The molecule has 37 heteroatoms. The number of methoxy groups -OCH3 is 4. The van der Waals surface area contributed by atoms with Gasteiger partial charge >= 0.3 is 7.60 Å². The first-order valence-electron chi connectivity index (χ1n) is 24.5. The number of phenols is 4. The van der Waals surface area contributed by atoms with E-state index in [9.17, 15) is 48.1 Å². The molecule has 0 saturated carbocycles. The summed E-state index contributed by atoms with van der Waals surface area (Å²) in [5, 5.41) is 53.4. The number of hydrogen-bond donors (Lipinski definition) is 11. The first-order chi connectivity index (χ1) is 38.4. The number of benzene rings is 4. The topological polar surface area (TPSA) is 415 Å². The molecule has 0 amide bonds. The number of nitrogens with one attached hydrogen (secondary N) is 4. The molecule has 86 heavy (non-hydrogen) atoms. The van der Waals surface area contributed by atoms with E-state index in [-0.39, 0.29) is 211 Å². The van der Waals surface area contributed by atoms with Gasteiger partial charge in [0.25, 0.3) is 0 Å². The molecule has 0 spiro atoms. The maximum Gasteiger partial charge on any atom is 0.335 e. The number of nitrogens with zero attached hydrogens (tertiary/aromatic N) is 8. The van der Waals surface area contributed by atoms with Crippen LogP contribution < -0.4 is 40.2 Å². The van der Waals surface area contributed by atoms with Crippen LogP contribution in [0.4, 0.5) is 23.3 Å². The van der Waals surface area contributed by atoms with Gasteiger partial charge in [-0.25, -0.2) is 39.9 Å². The summed E-state index contributed by atoms with van der Waals surface area (Å²) in [6, 6.07) is 12.3. The van der Waals surface area contributed by atoms with Crippen LogP contribution in [0.1, 0.15) is 13.8 Å². The van der Waals surface area contributed by atoms with Crippen molar-refractivity contribution in [3.8, 4) is 46.0 Å². The number of aromatic nitrogens is 8.